The first-order chi connectivity index (χ1) is 15.4. The van der Waals surface area contributed by atoms with Gasteiger partial charge in [-0.15, -0.1) is 16.8 Å². The Kier molecular flexibility index (Phi) is 8.05. The number of amides is 1. The van der Waals surface area contributed by atoms with E-state index in [0.717, 1.165) is 16.9 Å². The molecule has 32 heavy (non-hydrogen) atoms. The average Bonchev–Trinajstić information content (AvgIpc) is 3.13. The van der Waals surface area contributed by atoms with Crippen LogP contribution in [0.5, 0.6) is 5.75 Å². The number of allylic oxidation sites excluding steroid dienone is 1. The van der Waals surface area contributed by atoms with Crippen molar-refractivity contribution in [1.29, 1.82) is 0 Å². The molecule has 0 fully saturated rings. The van der Waals surface area contributed by atoms with Crippen LogP contribution in [0.3, 0.4) is 0 Å². The van der Waals surface area contributed by atoms with Gasteiger partial charge in [0.1, 0.15) is 18.2 Å². The van der Waals surface area contributed by atoms with Crippen LogP contribution in [0, 0.1) is 12.7 Å². The number of ether oxygens (including phenoxy) is 1. The Morgan fingerprint density at radius 3 is 2.78 bits per heavy atom. The van der Waals surface area contributed by atoms with Crippen molar-refractivity contribution in [3.05, 3.63) is 84.0 Å². The molecular weight excluding hydrogens is 427 g/mol. The Morgan fingerprint density at radius 1 is 1.28 bits per heavy atom. The minimum absolute atomic E-state index is 0.0787. The van der Waals surface area contributed by atoms with Crippen molar-refractivity contribution in [3.63, 3.8) is 0 Å². The van der Waals surface area contributed by atoms with Crippen molar-refractivity contribution >= 4 is 17.7 Å². The standard InChI is InChI=1S/C24H27FN4O2S/c1-5-12-29-22(16-31-21-11-6-8-17(2)13-21)26-27-24(29)32-18(3)23(30)28(4)15-19-9-7-10-20(25)14-19/h5-11,13-14,18H,1,12,15-16H2,2-4H3. The minimum Gasteiger partial charge on any atom is -0.486 e. The van der Waals surface area contributed by atoms with Gasteiger partial charge in [-0.25, -0.2) is 4.39 Å². The van der Waals surface area contributed by atoms with Gasteiger partial charge in [0.25, 0.3) is 0 Å². The second kappa shape index (κ2) is 10.9. The molecule has 0 aliphatic carbocycles. The molecule has 1 aromatic heterocycles. The van der Waals surface area contributed by atoms with E-state index in [9.17, 15) is 9.18 Å². The van der Waals surface area contributed by atoms with E-state index >= 15 is 0 Å². The van der Waals surface area contributed by atoms with Crippen LogP contribution in [-0.2, 0) is 24.5 Å². The first-order valence-electron chi connectivity index (χ1n) is 10.3. The molecule has 0 bridgehead atoms. The van der Waals surface area contributed by atoms with Crippen LogP contribution in [0.15, 0.2) is 66.3 Å². The van der Waals surface area contributed by atoms with Gasteiger partial charge in [-0.2, -0.15) is 0 Å². The number of aryl methyl sites for hydroxylation is 1. The van der Waals surface area contributed by atoms with Gasteiger partial charge < -0.3 is 9.64 Å². The largest absolute Gasteiger partial charge is 0.486 e. The normalized spacial score (nSPS) is 11.8. The summed E-state index contributed by atoms with van der Waals surface area (Å²) in [5.41, 5.74) is 1.85. The fourth-order valence-electron chi connectivity index (χ4n) is 3.18. The second-order valence-electron chi connectivity index (χ2n) is 7.49. The van der Waals surface area contributed by atoms with Gasteiger partial charge in [0.15, 0.2) is 11.0 Å². The third-order valence-electron chi connectivity index (χ3n) is 4.78. The van der Waals surface area contributed by atoms with Crippen molar-refractivity contribution in [1.82, 2.24) is 19.7 Å². The molecule has 0 saturated carbocycles. The molecule has 0 spiro atoms. The number of nitrogens with zero attached hydrogens (tertiary/aromatic N) is 4. The molecule has 2 aromatic carbocycles. The maximum atomic E-state index is 13.4. The Hall–Kier alpha value is -3.13. The maximum Gasteiger partial charge on any atom is 0.235 e. The van der Waals surface area contributed by atoms with Crippen molar-refractivity contribution in [2.45, 2.75) is 44.0 Å². The Labute approximate surface area is 192 Å². The molecular formula is C24H27FN4O2S. The SMILES string of the molecule is C=CCn1c(COc2cccc(C)c2)nnc1SC(C)C(=O)N(C)Cc1cccc(F)c1. The topological polar surface area (TPSA) is 60.2 Å². The number of halogens is 1. The summed E-state index contributed by atoms with van der Waals surface area (Å²) in [5.74, 6) is 1.02. The van der Waals surface area contributed by atoms with E-state index in [0.29, 0.717) is 24.1 Å². The molecule has 0 N–H and O–H groups in total. The molecule has 0 saturated heterocycles. The molecule has 168 valence electrons. The summed E-state index contributed by atoms with van der Waals surface area (Å²) < 4.78 is 21.2. The first-order valence-corrected chi connectivity index (χ1v) is 11.1. The van der Waals surface area contributed by atoms with Crippen molar-refractivity contribution in [3.8, 4) is 5.75 Å². The summed E-state index contributed by atoms with van der Waals surface area (Å²) in [6.07, 6.45) is 1.76. The number of hydrogen-bond donors (Lipinski definition) is 0. The Morgan fingerprint density at radius 2 is 2.06 bits per heavy atom. The number of carbonyl (C=O) groups excluding carboxylic acids is 1. The first kappa shape index (κ1) is 23.5. The molecule has 3 rings (SSSR count). The highest BCUT2D eigenvalue weighted by Gasteiger charge is 2.23. The zero-order valence-corrected chi connectivity index (χ0v) is 19.3. The molecule has 1 heterocycles. The lowest BCUT2D eigenvalue weighted by Gasteiger charge is -2.21. The predicted octanol–water partition coefficient (Wildman–Crippen LogP) is 4.63. The van der Waals surface area contributed by atoms with Crippen LogP contribution in [0.4, 0.5) is 4.39 Å². The quantitative estimate of drug-likeness (QED) is 0.330. The summed E-state index contributed by atoms with van der Waals surface area (Å²) in [6, 6.07) is 14.1. The lowest BCUT2D eigenvalue weighted by atomic mass is 10.2. The smallest absolute Gasteiger partial charge is 0.235 e. The predicted molar refractivity (Wildman–Crippen MR) is 124 cm³/mol. The van der Waals surface area contributed by atoms with E-state index in [2.05, 4.69) is 16.8 Å². The number of rotatable bonds is 10. The van der Waals surface area contributed by atoms with Gasteiger partial charge in [0, 0.05) is 20.1 Å². The lowest BCUT2D eigenvalue weighted by Crippen LogP contribution is -2.33. The van der Waals surface area contributed by atoms with E-state index in [4.69, 9.17) is 4.74 Å². The van der Waals surface area contributed by atoms with E-state index in [1.54, 1.807) is 30.2 Å². The zero-order valence-electron chi connectivity index (χ0n) is 18.5. The van der Waals surface area contributed by atoms with Crippen LogP contribution < -0.4 is 4.74 Å². The van der Waals surface area contributed by atoms with Gasteiger partial charge in [0.05, 0.1) is 5.25 Å². The minimum atomic E-state index is -0.396. The van der Waals surface area contributed by atoms with Gasteiger partial charge >= 0.3 is 0 Å². The van der Waals surface area contributed by atoms with Crippen LogP contribution in [0.1, 0.15) is 23.9 Å². The fourth-order valence-corrected chi connectivity index (χ4v) is 4.18. The van der Waals surface area contributed by atoms with Gasteiger partial charge in [-0.1, -0.05) is 42.1 Å². The van der Waals surface area contributed by atoms with Crippen LogP contribution >= 0.6 is 11.8 Å². The highest BCUT2D eigenvalue weighted by molar-refractivity contribution is 8.00. The average molecular weight is 455 g/mol. The third kappa shape index (κ3) is 6.20. The van der Waals surface area contributed by atoms with E-state index < -0.39 is 5.25 Å². The van der Waals surface area contributed by atoms with Crippen molar-refractivity contribution < 1.29 is 13.9 Å². The third-order valence-corrected chi connectivity index (χ3v) is 5.85. The Bertz CT molecular complexity index is 1090. The molecule has 1 amide bonds. The van der Waals surface area contributed by atoms with Crippen molar-refractivity contribution in [2.75, 3.05) is 7.05 Å². The number of benzene rings is 2. The van der Waals surface area contributed by atoms with Crippen molar-refractivity contribution in [2.24, 2.45) is 0 Å². The fraction of sp³-hybridized carbons (Fsp3) is 0.292. The number of aromatic nitrogens is 3. The molecule has 0 radical (unpaired) electrons. The highest BCUT2D eigenvalue weighted by atomic mass is 32.2. The molecule has 0 aliphatic heterocycles. The summed E-state index contributed by atoms with van der Waals surface area (Å²) in [5, 5.41) is 8.75. The zero-order chi connectivity index (χ0) is 23.1. The monoisotopic (exact) mass is 454 g/mol. The molecule has 1 atom stereocenters. The van der Waals surface area contributed by atoms with Crippen LogP contribution in [0.2, 0.25) is 0 Å². The second-order valence-corrected chi connectivity index (χ2v) is 8.80. The van der Waals surface area contributed by atoms with Crippen LogP contribution in [-0.4, -0.2) is 37.9 Å². The molecule has 3 aromatic rings. The van der Waals surface area contributed by atoms with Gasteiger partial charge in [-0.3, -0.25) is 9.36 Å². The highest BCUT2D eigenvalue weighted by Crippen LogP contribution is 2.25. The van der Waals surface area contributed by atoms with E-state index in [1.807, 2.05) is 42.7 Å². The van der Waals surface area contributed by atoms with E-state index in [-0.39, 0.29) is 18.3 Å². The van der Waals surface area contributed by atoms with Crippen LogP contribution in [0.25, 0.3) is 0 Å². The number of hydrogen-bond acceptors (Lipinski definition) is 5. The molecule has 8 heteroatoms. The summed E-state index contributed by atoms with van der Waals surface area (Å²) in [7, 11) is 1.71. The number of thioether (sulfide) groups is 1. The molecule has 1 unspecified atom stereocenters. The summed E-state index contributed by atoms with van der Waals surface area (Å²) >= 11 is 1.33. The van der Waals surface area contributed by atoms with Gasteiger partial charge in [0.2, 0.25) is 5.91 Å². The molecule has 6 nitrogen and oxygen atoms in total. The van der Waals surface area contributed by atoms with Gasteiger partial charge in [-0.05, 0) is 49.2 Å². The summed E-state index contributed by atoms with van der Waals surface area (Å²) in [4.78, 5) is 14.5. The van der Waals surface area contributed by atoms with E-state index in [1.165, 1.54) is 23.9 Å². The Balaban J connectivity index is 1.66. The lowest BCUT2D eigenvalue weighted by molar-refractivity contribution is -0.129. The maximum absolute atomic E-state index is 13.4. The molecule has 0 aliphatic rings. The summed E-state index contributed by atoms with van der Waals surface area (Å²) in [6.45, 7) is 8.73. The number of carbonyl (C=O) groups is 1.